The molecule has 0 fully saturated rings. The molecule has 2 aromatic rings. The molecule has 0 aliphatic heterocycles. The summed E-state index contributed by atoms with van der Waals surface area (Å²) in [6, 6.07) is 7.20. The lowest BCUT2D eigenvalue weighted by Gasteiger charge is -2.09. The molecule has 2 N–H and O–H groups in total. The van der Waals surface area contributed by atoms with E-state index in [0.29, 0.717) is 11.3 Å². The molecular formula is C13H10ClFN2O2. The van der Waals surface area contributed by atoms with Crippen LogP contribution in [0.1, 0.15) is 15.9 Å². The van der Waals surface area contributed by atoms with Crippen molar-refractivity contribution in [2.45, 2.75) is 6.92 Å². The van der Waals surface area contributed by atoms with Gasteiger partial charge in [0.2, 0.25) is 0 Å². The van der Waals surface area contributed by atoms with Gasteiger partial charge in [-0.1, -0.05) is 17.7 Å². The second-order valence-corrected chi connectivity index (χ2v) is 4.31. The SMILES string of the molecule is Cc1ccc(Nc2nc(Cl)ccc2C(=O)O)cc1F. The third kappa shape index (κ3) is 3.00. The average Bonchev–Trinajstić information content (AvgIpc) is 2.33. The zero-order valence-corrected chi connectivity index (χ0v) is 10.7. The van der Waals surface area contributed by atoms with E-state index in [1.165, 1.54) is 18.2 Å². The van der Waals surface area contributed by atoms with Crippen molar-refractivity contribution < 1.29 is 14.3 Å². The van der Waals surface area contributed by atoms with Gasteiger partial charge in [0.25, 0.3) is 0 Å². The molecular weight excluding hydrogens is 271 g/mol. The van der Waals surface area contributed by atoms with Crippen LogP contribution >= 0.6 is 11.6 Å². The molecule has 0 aliphatic carbocycles. The minimum atomic E-state index is -1.14. The number of carboxylic acid groups (broad SMARTS) is 1. The average molecular weight is 281 g/mol. The molecule has 1 aromatic carbocycles. The van der Waals surface area contributed by atoms with Gasteiger partial charge in [-0.25, -0.2) is 14.2 Å². The molecule has 4 nitrogen and oxygen atoms in total. The van der Waals surface area contributed by atoms with Gasteiger partial charge in [-0.15, -0.1) is 0 Å². The summed E-state index contributed by atoms with van der Waals surface area (Å²) in [5.41, 5.74) is 0.869. The number of benzene rings is 1. The van der Waals surface area contributed by atoms with Crippen LogP contribution in [-0.4, -0.2) is 16.1 Å². The van der Waals surface area contributed by atoms with Gasteiger partial charge in [0.05, 0.1) is 0 Å². The number of aromatic nitrogens is 1. The van der Waals surface area contributed by atoms with Crippen molar-refractivity contribution in [3.63, 3.8) is 0 Å². The van der Waals surface area contributed by atoms with Crippen molar-refractivity contribution in [2.24, 2.45) is 0 Å². The number of hydrogen-bond donors (Lipinski definition) is 2. The third-order valence-corrected chi connectivity index (χ3v) is 2.74. The smallest absolute Gasteiger partial charge is 0.339 e. The van der Waals surface area contributed by atoms with Gasteiger partial charge < -0.3 is 10.4 Å². The molecule has 19 heavy (non-hydrogen) atoms. The van der Waals surface area contributed by atoms with E-state index in [4.69, 9.17) is 16.7 Å². The van der Waals surface area contributed by atoms with E-state index in [9.17, 15) is 9.18 Å². The highest BCUT2D eigenvalue weighted by Crippen LogP contribution is 2.22. The fourth-order valence-electron chi connectivity index (χ4n) is 1.51. The molecule has 2 rings (SSSR count). The van der Waals surface area contributed by atoms with Crippen molar-refractivity contribution in [3.8, 4) is 0 Å². The Bertz CT molecular complexity index is 647. The number of halogens is 2. The number of nitrogens with zero attached hydrogens (tertiary/aromatic N) is 1. The number of carboxylic acids is 1. The number of aromatic carboxylic acids is 1. The first-order valence-electron chi connectivity index (χ1n) is 5.40. The van der Waals surface area contributed by atoms with Crippen molar-refractivity contribution in [1.82, 2.24) is 4.98 Å². The molecule has 0 radical (unpaired) electrons. The molecule has 0 unspecified atom stereocenters. The van der Waals surface area contributed by atoms with Crippen LogP contribution in [0.5, 0.6) is 0 Å². The van der Waals surface area contributed by atoms with Gasteiger partial charge >= 0.3 is 5.97 Å². The van der Waals surface area contributed by atoms with E-state index in [1.54, 1.807) is 19.1 Å². The minimum Gasteiger partial charge on any atom is -0.478 e. The lowest BCUT2D eigenvalue weighted by molar-refractivity contribution is 0.0697. The first kappa shape index (κ1) is 13.3. The van der Waals surface area contributed by atoms with Gasteiger partial charge in [0.15, 0.2) is 0 Å². The van der Waals surface area contributed by atoms with E-state index in [2.05, 4.69) is 10.3 Å². The van der Waals surface area contributed by atoms with Gasteiger partial charge in [-0.3, -0.25) is 0 Å². The fraction of sp³-hybridized carbons (Fsp3) is 0.0769. The summed E-state index contributed by atoms with van der Waals surface area (Å²) in [7, 11) is 0. The Morgan fingerprint density at radius 3 is 2.74 bits per heavy atom. The highest BCUT2D eigenvalue weighted by molar-refractivity contribution is 6.29. The summed E-state index contributed by atoms with van der Waals surface area (Å²) in [6.45, 7) is 1.64. The Labute approximate surface area is 113 Å². The Morgan fingerprint density at radius 2 is 2.11 bits per heavy atom. The zero-order chi connectivity index (χ0) is 14.0. The van der Waals surface area contributed by atoms with Crippen LogP contribution in [-0.2, 0) is 0 Å². The highest BCUT2D eigenvalue weighted by atomic mass is 35.5. The number of nitrogens with one attached hydrogen (secondary N) is 1. The van der Waals surface area contributed by atoms with Crippen molar-refractivity contribution in [3.05, 3.63) is 52.4 Å². The van der Waals surface area contributed by atoms with Crippen LogP contribution in [0, 0.1) is 12.7 Å². The quantitative estimate of drug-likeness (QED) is 0.843. The van der Waals surface area contributed by atoms with Crippen molar-refractivity contribution in [1.29, 1.82) is 0 Å². The van der Waals surface area contributed by atoms with Gasteiger partial charge in [0, 0.05) is 5.69 Å². The molecule has 0 saturated heterocycles. The van der Waals surface area contributed by atoms with Gasteiger partial charge in [0.1, 0.15) is 22.4 Å². The van der Waals surface area contributed by atoms with Crippen LogP contribution < -0.4 is 5.32 Å². The molecule has 0 atom stereocenters. The summed E-state index contributed by atoms with van der Waals surface area (Å²) < 4.78 is 13.4. The monoisotopic (exact) mass is 280 g/mol. The molecule has 1 heterocycles. The second-order valence-electron chi connectivity index (χ2n) is 3.92. The maximum Gasteiger partial charge on any atom is 0.339 e. The maximum atomic E-state index is 13.4. The molecule has 0 aliphatic rings. The fourth-order valence-corrected chi connectivity index (χ4v) is 1.66. The Morgan fingerprint density at radius 1 is 1.37 bits per heavy atom. The molecule has 0 spiro atoms. The highest BCUT2D eigenvalue weighted by Gasteiger charge is 2.12. The van der Waals surface area contributed by atoms with Crippen LogP contribution in [0.3, 0.4) is 0 Å². The molecule has 0 saturated carbocycles. The molecule has 0 amide bonds. The summed E-state index contributed by atoms with van der Waals surface area (Å²) >= 11 is 5.73. The molecule has 1 aromatic heterocycles. The number of aryl methyl sites for hydroxylation is 1. The van der Waals surface area contributed by atoms with E-state index in [-0.39, 0.29) is 22.4 Å². The van der Waals surface area contributed by atoms with Crippen molar-refractivity contribution in [2.75, 3.05) is 5.32 Å². The minimum absolute atomic E-state index is 0.0367. The number of pyridine rings is 1. The maximum absolute atomic E-state index is 13.4. The predicted molar refractivity (Wildman–Crippen MR) is 70.6 cm³/mol. The summed E-state index contributed by atoms with van der Waals surface area (Å²) in [4.78, 5) is 14.9. The van der Waals surface area contributed by atoms with Gasteiger partial charge in [-0.05, 0) is 36.8 Å². The lowest BCUT2D eigenvalue weighted by atomic mass is 10.2. The lowest BCUT2D eigenvalue weighted by Crippen LogP contribution is -2.05. The zero-order valence-electron chi connectivity index (χ0n) is 9.95. The topological polar surface area (TPSA) is 62.2 Å². The summed E-state index contributed by atoms with van der Waals surface area (Å²) in [6.07, 6.45) is 0. The van der Waals surface area contributed by atoms with Crippen LogP contribution in [0.25, 0.3) is 0 Å². The number of rotatable bonds is 3. The van der Waals surface area contributed by atoms with E-state index < -0.39 is 5.97 Å². The molecule has 0 bridgehead atoms. The Balaban J connectivity index is 2.39. The van der Waals surface area contributed by atoms with E-state index in [1.807, 2.05) is 0 Å². The molecule has 6 heteroatoms. The standard InChI is InChI=1S/C13H10ClFN2O2/c1-7-2-3-8(6-10(7)15)16-12-9(13(18)19)4-5-11(14)17-12/h2-6H,1H3,(H,16,17)(H,18,19). The van der Waals surface area contributed by atoms with Crippen LogP contribution in [0.4, 0.5) is 15.9 Å². The number of hydrogen-bond acceptors (Lipinski definition) is 3. The normalized spacial score (nSPS) is 10.3. The van der Waals surface area contributed by atoms with E-state index >= 15 is 0 Å². The van der Waals surface area contributed by atoms with Crippen LogP contribution in [0.15, 0.2) is 30.3 Å². The van der Waals surface area contributed by atoms with Crippen molar-refractivity contribution >= 4 is 29.1 Å². The predicted octanol–water partition coefficient (Wildman–Crippen LogP) is 3.62. The summed E-state index contributed by atoms with van der Waals surface area (Å²) in [5.74, 6) is -1.45. The van der Waals surface area contributed by atoms with Gasteiger partial charge in [-0.2, -0.15) is 0 Å². The van der Waals surface area contributed by atoms with E-state index in [0.717, 1.165) is 0 Å². The number of anilines is 2. The first-order chi connectivity index (χ1) is 8.97. The largest absolute Gasteiger partial charge is 0.478 e. The Kier molecular flexibility index (Phi) is 3.66. The first-order valence-corrected chi connectivity index (χ1v) is 5.78. The summed E-state index contributed by atoms with van der Waals surface area (Å²) in [5, 5.41) is 11.9. The molecule has 98 valence electrons. The Hall–Kier alpha value is -2.14. The second kappa shape index (κ2) is 5.24. The third-order valence-electron chi connectivity index (χ3n) is 2.53. The number of carbonyl (C=O) groups is 1. The van der Waals surface area contributed by atoms with Crippen LogP contribution in [0.2, 0.25) is 5.15 Å².